The molecule has 10 nitrogen and oxygen atoms in total. The average molecular weight is 521 g/mol. The molecule has 2 aromatic rings. The molecule has 1 fully saturated rings. The number of ether oxygens (including phenoxy) is 1. The molecule has 1 saturated heterocycles. The van der Waals surface area contributed by atoms with Crippen LogP contribution in [0, 0.1) is 5.92 Å². The van der Waals surface area contributed by atoms with Crippen LogP contribution >= 0.6 is 0 Å². The number of benzene rings is 1. The van der Waals surface area contributed by atoms with Crippen LogP contribution in [0.3, 0.4) is 0 Å². The molecule has 0 unspecified atom stereocenters. The Hall–Kier alpha value is -3.79. The molecule has 38 heavy (non-hydrogen) atoms. The number of carbonyl (C=O) groups is 3. The van der Waals surface area contributed by atoms with Gasteiger partial charge in [0.05, 0.1) is 5.52 Å². The normalized spacial score (nSPS) is 26.6. The molecule has 1 aromatic heterocycles. The largest absolute Gasteiger partial charge is 0.455 e. The maximum absolute atomic E-state index is 13.1. The van der Waals surface area contributed by atoms with E-state index in [9.17, 15) is 14.4 Å². The minimum Gasteiger partial charge on any atom is -0.455 e. The topological polar surface area (TPSA) is 126 Å². The Kier molecular flexibility index (Phi) is 8.41. The first kappa shape index (κ1) is 27.3. The fourth-order valence-corrected chi connectivity index (χ4v) is 4.56. The van der Waals surface area contributed by atoms with Gasteiger partial charge in [0.15, 0.2) is 0 Å². The molecular weight excluding hydrogens is 484 g/mol. The predicted molar refractivity (Wildman–Crippen MR) is 144 cm³/mol. The number of allylic oxidation sites excluding steroid dienone is 1. The summed E-state index contributed by atoms with van der Waals surface area (Å²) in [6, 6.07) is 5.67. The number of nitrogens with one attached hydrogen (secondary N) is 3. The van der Waals surface area contributed by atoms with Crippen LogP contribution in [0.5, 0.6) is 0 Å². The third-order valence-corrected chi connectivity index (χ3v) is 6.79. The van der Waals surface area contributed by atoms with Crippen LogP contribution in [0.2, 0.25) is 0 Å². The highest BCUT2D eigenvalue weighted by atomic mass is 16.5. The molecule has 3 N–H and O–H groups in total. The highest BCUT2D eigenvalue weighted by Crippen LogP contribution is 2.22. The van der Waals surface area contributed by atoms with E-state index in [1.807, 2.05) is 50.3 Å². The predicted octanol–water partition coefficient (Wildman–Crippen LogP) is 2.78. The van der Waals surface area contributed by atoms with Crippen LogP contribution in [-0.4, -0.2) is 57.7 Å². The van der Waals surface area contributed by atoms with Gasteiger partial charge in [-0.25, -0.2) is 5.43 Å². The molecule has 202 valence electrons. The van der Waals surface area contributed by atoms with E-state index in [0.717, 1.165) is 16.5 Å². The molecule has 0 aliphatic carbocycles. The zero-order valence-electron chi connectivity index (χ0n) is 22.4. The zero-order valence-corrected chi connectivity index (χ0v) is 22.4. The lowest BCUT2D eigenvalue weighted by molar-refractivity contribution is -0.157. The first-order valence-electron chi connectivity index (χ1n) is 13.1. The maximum Gasteiger partial charge on any atom is 0.325 e. The summed E-state index contributed by atoms with van der Waals surface area (Å²) in [6.45, 7) is 11.8. The number of aromatic nitrogens is 2. The van der Waals surface area contributed by atoms with Crippen molar-refractivity contribution in [1.29, 1.82) is 0 Å². The SMILES string of the molecule is C=C1C/C=C/c2ccc3nnc(cc3c2)[C@@H](C)OC(=O)[C@@H]2CCCN(N2)C(=O)[C@H](C)NC(=O)[C@H](C(C)C)N1. The third kappa shape index (κ3) is 6.36. The van der Waals surface area contributed by atoms with Gasteiger partial charge in [-0.3, -0.25) is 19.4 Å². The number of hydrazine groups is 1. The Morgan fingerprint density at radius 2 is 1.89 bits per heavy atom. The molecule has 2 amide bonds. The van der Waals surface area contributed by atoms with E-state index in [0.29, 0.717) is 37.2 Å². The quantitative estimate of drug-likeness (QED) is 0.490. The molecule has 1 aromatic carbocycles. The van der Waals surface area contributed by atoms with E-state index in [-0.39, 0.29) is 17.7 Å². The molecule has 10 heteroatoms. The van der Waals surface area contributed by atoms with Crippen molar-refractivity contribution in [2.75, 3.05) is 6.54 Å². The van der Waals surface area contributed by atoms with Gasteiger partial charge < -0.3 is 15.4 Å². The second-order valence-corrected chi connectivity index (χ2v) is 10.3. The second kappa shape index (κ2) is 11.7. The molecule has 0 saturated carbocycles. The number of rotatable bonds is 1. The van der Waals surface area contributed by atoms with Crippen LogP contribution in [0.4, 0.5) is 0 Å². The van der Waals surface area contributed by atoms with E-state index in [1.165, 1.54) is 5.01 Å². The van der Waals surface area contributed by atoms with Gasteiger partial charge in [0.1, 0.15) is 29.9 Å². The highest BCUT2D eigenvalue weighted by Gasteiger charge is 2.33. The van der Waals surface area contributed by atoms with Crippen molar-refractivity contribution in [3.63, 3.8) is 0 Å². The Morgan fingerprint density at radius 1 is 1.11 bits per heavy atom. The lowest BCUT2D eigenvalue weighted by Crippen LogP contribution is -2.60. The van der Waals surface area contributed by atoms with E-state index in [2.05, 4.69) is 32.8 Å². The minimum absolute atomic E-state index is 0.0373. The van der Waals surface area contributed by atoms with Crippen molar-refractivity contribution in [2.24, 2.45) is 5.92 Å². The van der Waals surface area contributed by atoms with Crippen LogP contribution in [0.1, 0.15) is 64.3 Å². The van der Waals surface area contributed by atoms with Crippen molar-refractivity contribution in [3.05, 3.63) is 53.9 Å². The van der Waals surface area contributed by atoms with Gasteiger partial charge in [-0.1, -0.05) is 38.6 Å². The number of carbonyl (C=O) groups excluding carboxylic acids is 3. The zero-order chi connectivity index (χ0) is 27.4. The molecule has 0 spiro atoms. The Bertz CT molecular complexity index is 1260. The van der Waals surface area contributed by atoms with Crippen LogP contribution in [0.15, 0.2) is 42.6 Å². The summed E-state index contributed by atoms with van der Waals surface area (Å²) in [6.07, 6.45) is 4.99. The monoisotopic (exact) mass is 520 g/mol. The van der Waals surface area contributed by atoms with Crippen molar-refractivity contribution >= 4 is 34.8 Å². The number of cyclic esters (lactones) is 1. The number of amides is 2. The first-order valence-corrected chi connectivity index (χ1v) is 13.1. The average Bonchev–Trinajstić information content (AvgIpc) is 2.90. The molecule has 5 bridgehead atoms. The van der Waals surface area contributed by atoms with Crippen molar-refractivity contribution in [3.8, 4) is 0 Å². The van der Waals surface area contributed by atoms with Gasteiger partial charge in [-0.2, -0.15) is 10.2 Å². The fraction of sp³-hybridized carbons (Fsp3) is 0.464. The molecule has 2 aliphatic heterocycles. The molecule has 4 rings (SSSR count). The van der Waals surface area contributed by atoms with Crippen molar-refractivity contribution < 1.29 is 19.1 Å². The first-order chi connectivity index (χ1) is 18.1. The summed E-state index contributed by atoms with van der Waals surface area (Å²) in [5.41, 5.74) is 5.92. The molecular formula is C28H36N6O4. The lowest BCUT2D eigenvalue weighted by Gasteiger charge is -2.35. The van der Waals surface area contributed by atoms with Crippen molar-refractivity contribution in [1.82, 2.24) is 31.3 Å². The van der Waals surface area contributed by atoms with E-state index in [4.69, 9.17) is 4.74 Å². The van der Waals surface area contributed by atoms with E-state index < -0.39 is 30.2 Å². The summed E-state index contributed by atoms with van der Waals surface area (Å²) in [5, 5.41) is 16.9. The number of hydrogen-bond donors (Lipinski definition) is 3. The van der Waals surface area contributed by atoms with Gasteiger partial charge in [0, 0.05) is 24.0 Å². The lowest BCUT2D eigenvalue weighted by atomic mass is 10.0. The molecule has 0 radical (unpaired) electrons. The number of hydrogen-bond acceptors (Lipinski definition) is 8. The van der Waals surface area contributed by atoms with Gasteiger partial charge in [0.2, 0.25) is 5.91 Å². The van der Waals surface area contributed by atoms with Gasteiger partial charge >= 0.3 is 5.97 Å². The number of esters is 1. The molecule has 3 heterocycles. The van der Waals surface area contributed by atoms with Gasteiger partial charge in [0.25, 0.3) is 5.91 Å². The summed E-state index contributed by atoms with van der Waals surface area (Å²) >= 11 is 0. The smallest absolute Gasteiger partial charge is 0.325 e. The van der Waals surface area contributed by atoms with Crippen LogP contribution in [-0.2, 0) is 19.1 Å². The number of nitrogens with zero attached hydrogens (tertiary/aromatic N) is 3. The third-order valence-electron chi connectivity index (χ3n) is 6.79. The van der Waals surface area contributed by atoms with Gasteiger partial charge in [-0.15, -0.1) is 0 Å². The highest BCUT2D eigenvalue weighted by molar-refractivity contribution is 5.90. The van der Waals surface area contributed by atoms with Crippen molar-refractivity contribution in [2.45, 2.75) is 71.2 Å². The van der Waals surface area contributed by atoms with E-state index >= 15 is 0 Å². The Morgan fingerprint density at radius 3 is 2.66 bits per heavy atom. The van der Waals surface area contributed by atoms with Crippen LogP contribution < -0.4 is 16.1 Å². The summed E-state index contributed by atoms with van der Waals surface area (Å²) in [7, 11) is 0. The Labute approximate surface area is 222 Å². The number of fused-ring (bicyclic) bond motifs is 4. The van der Waals surface area contributed by atoms with E-state index in [1.54, 1.807) is 13.8 Å². The second-order valence-electron chi connectivity index (χ2n) is 10.3. The minimum atomic E-state index is -0.790. The summed E-state index contributed by atoms with van der Waals surface area (Å²) in [5.74, 6) is -1.12. The fourth-order valence-electron chi connectivity index (χ4n) is 4.56. The van der Waals surface area contributed by atoms with Crippen LogP contribution in [0.25, 0.3) is 17.0 Å². The maximum atomic E-state index is 13.1. The molecule has 4 atom stereocenters. The standard InChI is InChI=1S/C28H36N6O4/c1-16(2)25-26(35)30-18(4)27(36)34-13-7-10-23(33-34)28(37)38-19(5)24-15-21-14-20(9-6-8-17(3)29-25)11-12-22(21)31-32-24/h6,9,11-12,14-16,18-19,23,25,29,33H,3,7-8,10,13H2,1-2,4-5H3,(H,30,35)/b9-6+/t18-,19+,23-,25-/m0/s1. The summed E-state index contributed by atoms with van der Waals surface area (Å²) in [4.78, 5) is 39.2. The summed E-state index contributed by atoms with van der Waals surface area (Å²) < 4.78 is 5.71. The molecule has 2 aliphatic rings. The Balaban J connectivity index is 1.64. The van der Waals surface area contributed by atoms with Gasteiger partial charge in [-0.05, 0) is 56.4 Å².